The Kier molecular flexibility index (Phi) is 3.02. The fourth-order valence-corrected chi connectivity index (χ4v) is 1.66. The molecule has 92 valence electrons. The minimum absolute atomic E-state index is 0.0614. The van der Waals surface area contributed by atoms with Crippen LogP contribution in [0.4, 0.5) is 10.1 Å². The van der Waals surface area contributed by atoms with Gasteiger partial charge in [-0.05, 0) is 31.0 Å². The number of rotatable bonds is 4. The molecule has 1 aromatic carbocycles. The van der Waals surface area contributed by atoms with E-state index >= 15 is 0 Å². The molecule has 0 bridgehead atoms. The van der Waals surface area contributed by atoms with Gasteiger partial charge < -0.3 is 16.2 Å². The largest absolute Gasteiger partial charge is 0.398 e. The lowest BCUT2D eigenvalue weighted by Crippen LogP contribution is -2.32. The topological polar surface area (TPSA) is 75.4 Å². The van der Waals surface area contributed by atoms with E-state index in [9.17, 15) is 9.18 Å². The van der Waals surface area contributed by atoms with E-state index in [4.69, 9.17) is 10.8 Å². The smallest absolute Gasteiger partial charge is 0.253 e. The fourth-order valence-electron chi connectivity index (χ4n) is 1.66. The first-order valence-electron chi connectivity index (χ1n) is 5.50. The molecule has 0 saturated heterocycles. The van der Waals surface area contributed by atoms with Gasteiger partial charge in [0.25, 0.3) is 5.91 Å². The highest BCUT2D eigenvalue weighted by atomic mass is 19.1. The summed E-state index contributed by atoms with van der Waals surface area (Å²) in [6, 6.07) is 3.69. The summed E-state index contributed by atoms with van der Waals surface area (Å²) in [7, 11) is 0. The number of hydrogen-bond acceptors (Lipinski definition) is 3. The molecular weight excluding hydrogens is 223 g/mol. The zero-order valence-corrected chi connectivity index (χ0v) is 9.37. The molecule has 5 heteroatoms. The average molecular weight is 238 g/mol. The lowest BCUT2D eigenvalue weighted by atomic mass is 10.1. The molecule has 0 aliphatic heterocycles. The number of nitrogen functional groups attached to an aromatic ring is 1. The van der Waals surface area contributed by atoms with Crippen LogP contribution in [0, 0.1) is 11.2 Å². The Bertz CT molecular complexity index is 444. The van der Waals surface area contributed by atoms with Crippen LogP contribution in [0.3, 0.4) is 0 Å². The Morgan fingerprint density at radius 2 is 2.24 bits per heavy atom. The molecule has 1 amide bonds. The normalized spacial score (nSPS) is 16.6. The lowest BCUT2D eigenvalue weighted by Gasteiger charge is -2.13. The van der Waals surface area contributed by atoms with Crippen molar-refractivity contribution in [3.63, 3.8) is 0 Å². The molecule has 0 aromatic heterocycles. The molecule has 0 spiro atoms. The molecule has 4 nitrogen and oxygen atoms in total. The van der Waals surface area contributed by atoms with Crippen molar-refractivity contribution in [3.05, 3.63) is 29.6 Å². The van der Waals surface area contributed by atoms with Crippen LogP contribution < -0.4 is 11.1 Å². The molecule has 4 N–H and O–H groups in total. The van der Waals surface area contributed by atoms with Crippen molar-refractivity contribution in [1.29, 1.82) is 0 Å². The summed E-state index contributed by atoms with van der Waals surface area (Å²) in [6.45, 7) is 0.462. The van der Waals surface area contributed by atoms with E-state index in [1.165, 1.54) is 12.1 Å². The van der Waals surface area contributed by atoms with Crippen LogP contribution in [-0.2, 0) is 0 Å². The maximum atomic E-state index is 13.0. The number of carbonyl (C=O) groups is 1. The molecule has 1 saturated carbocycles. The Labute approximate surface area is 98.6 Å². The number of nitrogens with one attached hydrogen (secondary N) is 1. The van der Waals surface area contributed by atoms with Crippen molar-refractivity contribution in [2.45, 2.75) is 12.8 Å². The Balaban J connectivity index is 2.02. The second kappa shape index (κ2) is 4.33. The number of hydrogen-bond donors (Lipinski definition) is 3. The minimum atomic E-state index is -0.493. The standard InChI is InChI=1S/C12H15FN2O2/c13-8-1-2-10(14)9(5-8)11(17)15-6-12(7-16)3-4-12/h1-2,5,16H,3-4,6-7,14H2,(H,15,17). The zero-order chi connectivity index (χ0) is 12.5. The second-order valence-corrected chi connectivity index (χ2v) is 4.57. The summed E-state index contributed by atoms with van der Waals surface area (Å²) < 4.78 is 13.0. The van der Waals surface area contributed by atoms with Crippen LogP contribution in [0.1, 0.15) is 23.2 Å². The third-order valence-corrected chi connectivity index (χ3v) is 3.18. The van der Waals surface area contributed by atoms with Gasteiger partial charge in [0, 0.05) is 17.6 Å². The first-order chi connectivity index (χ1) is 8.06. The van der Waals surface area contributed by atoms with Gasteiger partial charge in [-0.2, -0.15) is 0 Å². The van der Waals surface area contributed by atoms with E-state index in [0.29, 0.717) is 6.54 Å². The van der Waals surface area contributed by atoms with Gasteiger partial charge in [0.15, 0.2) is 0 Å². The summed E-state index contributed by atoms with van der Waals surface area (Å²) in [5.74, 6) is -0.894. The summed E-state index contributed by atoms with van der Waals surface area (Å²) in [5, 5.41) is 11.8. The van der Waals surface area contributed by atoms with Gasteiger partial charge in [-0.3, -0.25) is 4.79 Å². The predicted molar refractivity (Wildman–Crippen MR) is 61.9 cm³/mol. The molecule has 1 aliphatic carbocycles. The maximum Gasteiger partial charge on any atom is 0.253 e. The SMILES string of the molecule is Nc1ccc(F)cc1C(=O)NCC1(CO)CC1. The summed E-state index contributed by atoms with van der Waals surface area (Å²) in [5.41, 5.74) is 5.82. The van der Waals surface area contributed by atoms with Crippen molar-refractivity contribution >= 4 is 11.6 Å². The molecular formula is C12H15FN2O2. The molecule has 2 rings (SSSR count). The van der Waals surface area contributed by atoms with E-state index in [1.807, 2.05) is 0 Å². The quantitative estimate of drug-likeness (QED) is 0.682. The van der Waals surface area contributed by atoms with E-state index < -0.39 is 11.7 Å². The zero-order valence-electron chi connectivity index (χ0n) is 9.37. The molecule has 17 heavy (non-hydrogen) atoms. The number of amides is 1. The maximum absolute atomic E-state index is 13.0. The highest BCUT2D eigenvalue weighted by Crippen LogP contribution is 2.44. The van der Waals surface area contributed by atoms with E-state index in [0.717, 1.165) is 18.9 Å². The molecule has 0 radical (unpaired) electrons. The first-order valence-corrected chi connectivity index (χ1v) is 5.50. The van der Waals surface area contributed by atoms with Crippen molar-refractivity contribution in [3.8, 4) is 0 Å². The minimum Gasteiger partial charge on any atom is -0.398 e. The number of nitrogens with two attached hydrogens (primary N) is 1. The van der Waals surface area contributed by atoms with Gasteiger partial charge in [-0.15, -0.1) is 0 Å². The summed E-state index contributed by atoms with van der Waals surface area (Å²) >= 11 is 0. The average Bonchev–Trinajstić information content (AvgIpc) is 3.10. The third kappa shape index (κ3) is 2.55. The number of anilines is 1. The van der Waals surface area contributed by atoms with Gasteiger partial charge >= 0.3 is 0 Å². The van der Waals surface area contributed by atoms with Crippen molar-refractivity contribution < 1.29 is 14.3 Å². The molecule has 1 aliphatic rings. The van der Waals surface area contributed by atoms with Crippen LogP contribution in [0.2, 0.25) is 0 Å². The number of carbonyl (C=O) groups excluding carboxylic acids is 1. The number of aliphatic hydroxyl groups is 1. The van der Waals surface area contributed by atoms with Crippen LogP contribution in [0.5, 0.6) is 0 Å². The molecule has 0 heterocycles. The van der Waals surface area contributed by atoms with Crippen LogP contribution >= 0.6 is 0 Å². The number of aliphatic hydroxyl groups excluding tert-OH is 1. The number of benzene rings is 1. The Morgan fingerprint density at radius 1 is 1.53 bits per heavy atom. The van der Waals surface area contributed by atoms with Gasteiger partial charge in [0.2, 0.25) is 0 Å². The van der Waals surface area contributed by atoms with Gasteiger partial charge in [-0.25, -0.2) is 4.39 Å². The summed E-state index contributed by atoms with van der Waals surface area (Å²) in [6.07, 6.45) is 1.81. The number of halogens is 1. The van der Waals surface area contributed by atoms with E-state index in [-0.39, 0.29) is 23.3 Å². The molecule has 1 aromatic rings. The molecule has 0 atom stereocenters. The van der Waals surface area contributed by atoms with Crippen molar-refractivity contribution in [1.82, 2.24) is 5.32 Å². The molecule has 0 unspecified atom stereocenters. The van der Waals surface area contributed by atoms with Gasteiger partial charge in [0.1, 0.15) is 5.82 Å². The molecule has 1 fully saturated rings. The van der Waals surface area contributed by atoms with Crippen LogP contribution in [-0.4, -0.2) is 24.2 Å². The van der Waals surface area contributed by atoms with Crippen LogP contribution in [0.25, 0.3) is 0 Å². The first kappa shape index (κ1) is 11.9. The monoisotopic (exact) mass is 238 g/mol. The highest BCUT2D eigenvalue weighted by Gasteiger charge is 2.42. The van der Waals surface area contributed by atoms with Gasteiger partial charge in [-0.1, -0.05) is 0 Å². The fraction of sp³-hybridized carbons (Fsp3) is 0.417. The second-order valence-electron chi connectivity index (χ2n) is 4.57. The summed E-state index contributed by atoms with van der Waals surface area (Å²) in [4.78, 5) is 11.8. The van der Waals surface area contributed by atoms with E-state index in [1.54, 1.807) is 0 Å². The van der Waals surface area contributed by atoms with Gasteiger partial charge in [0.05, 0.1) is 12.2 Å². The predicted octanol–water partition coefficient (Wildman–Crippen LogP) is 0.910. The van der Waals surface area contributed by atoms with Crippen molar-refractivity contribution in [2.75, 3.05) is 18.9 Å². The Morgan fingerprint density at radius 3 is 2.82 bits per heavy atom. The van der Waals surface area contributed by atoms with E-state index in [2.05, 4.69) is 5.32 Å². The Hall–Kier alpha value is -1.62. The lowest BCUT2D eigenvalue weighted by molar-refractivity contribution is 0.0935. The van der Waals surface area contributed by atoms with Crippen LogP contribution in [0.15, 0.2) is 18.2 Å². The highest BCUT2D eigenvalue weighted by molar-refractivity contribution is 5.99. The third-order valence-electron chi connectivity index (χ3n) is 3.18. The van der Waals surface area contributed by atoms with Crippen molar-refractivity contribution in [2.24, 2.45) is 5.41 Å².